The van der Waals surface area contributed by atoms with E-state index in [9.17, 15) is 13.9 Å². The van der Waals surface area contributed by atoms with E-state index < -0.39 is 11.6 Å². The lowest BCUT2D eigenvalue weighted by molar-refractivity contribution is 0.133. The van der Waals surface area contributed by atoms with Crippen molar-refractivity contribution in [2.24, 2.45) is 0 Å². The molecule has 0 bridgehead atoms. The summed E-state index contributed by atoms with van der Waals surface area (Å²) >= 11 is 1.82. The van der Waals surface area contributed by atoms with Crippen LogP contribution in [0, 0.1) is 11.6 Å². The zero-order chi connectivity index (χ0) is 16.9. The van der Waals surface area contributed by atoms with E-state index in [1.165, 1.54) is 24.3 Å². The molecule has 1 N–H and O–H groups in total. The maximum atomic E-state index is 14.3. The fourth-order valence-electron chi connectivity index (χ4n) is 2.67. The molecule has 2 aromatic rings. The Kier molecular flexibility index (Phi) is 5.71. The molecular formula is C18H19F2NO2S. The number of hydrogen-bond acceptors (Lipinski definition) is 4. The molecule has 128 valence electrons. The predicted octanol–water partition coefficient (Wildman–Crippen LogP) is 3.67. The van der Waals surface area contributed by atoms with Crippen LogP contribution in [0.5, 0.6) is 11.5 Å². The monoisotopic (exact) mass is 351 g/mol. The van der Waals surface area contributed by atoms with E-state index in [1.807, 2.05) is 11.8 Å². The van der Waals surface area contributed by atoms with Crippen LogP contribution in [0.3, 0.4) is 0 Å². The predicted molar refractivity (Wildman–Crippen MR) is 91.5 cm³/mol. The Labute approximate surface area is 144 Å². The second-order valence-electron chi connectivity index (χ2n) is 5.68. The van der Waals surface area contributed by atoms with Gasteiger partial charge < -0.3 is 9.84 Å². The number of rotatable bonds is 5. The summed E-state index contributed by atoms with van der Waals surface area (Å²) in [6.45, 7) is 1.54. The van der Waals surface area contributed by atoms with Crippen LogP contribution in [0.4, 0.5) is 8.78 Å². The molecule has 2 aromatic carbocycles. The minimum Gasteiger partial charge on any atom is -0.451 e. The van der Waals surface area contributed by atoms with Gasteiger partial charge in [0.2, 0.25) is 0 Å². The van der Waals surface area contributed by atoms with Gasteiger partial charge in [-0.05, 0) is 29.8 Å². The minimum absolute atomic E-state index is 0.00227. The third-order valence-electron chi connectivity index (χ3n) is 4.00. The van der Waals surface area contributed by atoms with Crippen molar-refractivity contribution in [2.75, 3.05) is 24.7 Å². The van der Waals surface area contributed by atoms with Crippen LogP contribution in [0.1, 0.15) is 5.56 Å². The lowest BCUT2D eigenvalue weighted by atomic mass is 10.1. The van der Waals surface area contributed by atoms with Gasteiger partial charge in [-0.3, -0.25) is 4.90 Å². The highest BCUT2D eigenvalue weighted by Crippen LogP contribution is 2.28. The second-order valence-corrected chi connectivity index (χ2v) is 6.83. The summed E-state index contributed by atoms with van der Waals surface area (Å²) in [7, 11) is 0. The summed E-state index contributed by atoms with van der Waals surface area (Å²) in [5, 5.41) is 9.44. The van der Waals surface area contributed by atoms with Gasteiger partial charge in [0, 0.05) is 30.6 Å². The van der Waals surface area contributed by atoms with Gasteiger partial charge in [0.25, 0.3) is 0 Å². The second kappa shape index (κ2) is 7.96. The summed E-state index contributed by atoms with van der Waals surface area (Å²) in [5.41, 5.74) is 0.804. The smallest absolute Gasteiger partial charge is 0.166 e. The fraction of sp³-hybridized carbons (Fsp3) is 0.333. The highest BCUT2D eigenvalue weighted by Gasteiger charge is 2.22. The molecule has 24 heavy (non-hydrogen) atoms. The van der Waals surface area contributed by atoms with Gasteiger partial charge in [0.1, 0.15) is 0 Å². The van der Waals surface area contributed by atoms with Crippen molar-refractivity contribution in [3.8, 4) is 11.5 Å². The van der Waals surface area contributed by atoms with E-state index in [0.29, 0.717) is 6.54 Å². The number of para-hydroxylation sites is 1. The lowest BCUT2D eigenvalue weighted by Gasteiger charge is -2.34. The standard InChI is InChI=1S/C18H19F2NO2S/c19-15-3-1-2-4-17(15)23-18-6-5-13(9-16(18)20)10-21-7-8-24-12-14(21)11-22/h1-6,9,14,22H,7-8,10-12H2/t14-/m0/s1. The first kappa shape index (κ1) is 17.2. The fourth-order valence-corrected chi connectivity index (χ4v) is 3.79. The minimum atomic E-state index is -0.530. The van der Waals surface area contributed by atoms with Gasteiger partial charge in [0.05, 0.1) is 6.61 Å². The van der Waals surface area contributed by atoms with Crippen molar-refractivity contribution in [1.29, 1.82) is 0 Å². The van der Waals surface area contributed by atoms with Crippen LogP contribution in [0.2, 0.25) is 0 Å². The molecule has 0 radical (unpaired) electrons. The SMILES string of the molecule is OC[C@H]1CSCCN1Cc1ccc(Oc2ccccc2F)c(F)c1. The summed E-state index contributed by atoms with van der Waals surface area (Å²) < 4.78 is 33.2. The topological polar surface area (TPSA) is 32.7 Å². The summed E-state index contributed by atoms with van der Waals surface area (Å²) in [5.74, 6) is 0.829. The number of nitrogens with zero attached hydrogens (tertiary/aromatic N) is 1. The van der Waals surface area contributed by atoms with Gasteiger partial charge in [-0.25, -0.2) is 8.78 Å². The molecule has 0 aromatic heterocycles. The summed E-state index contributed by atoms with van der Waals surface area (Å²) in [4.78, 5) is 2.16. The molecule has 1 heterocycles. The number of aliphatic hydroxyl groups is 1. The van der Waals surface area contributed by atoms with Crippen molar-refractivity contribution >= 4 is 11.8 Å². The molecule has 3 rings (SSSR count). The maximum Gasteiger partial charge on any atom is 0.166 e. The average Bonchev–Trinajstić information content (AvgIpc) is 2.59. The molecule has 0 saturated carbocycles. The molecule has 1 saturated heterocycles. The summed E-state index contributed by atoms with van der Waals surface area (Å²) in [6, 6.07) is 10.7. The first-order valence-electron chi connectivity index (χ1n) is 7.81. The molecule has 0 aliphatic carbocycles. The molecule has 0 spiro atoms. The van der Waals surface area contributed by atoms with Crippen molar-refractivity contribution in [1.82, 2.24) is 4.90 Å². The van der Waals surface area contributed by atoms with E-state index in [4.69, 9.17) is 4.74 Å². The highest BCUT2D eigenvalue weighted by molar-refractivity contribution is 7.99. The molecule has 0 amide bonds. The first-order valence-corrected chi connectivity index (χ1v) is 8.96. The number of hydrogen-bond donors (Lipinski definition) is 1. The Morgan fingerprint density at radius 3 is 2.67 bits per heavy atom. The molecule has 3 nitrogen and oxygen atoms in total. The molecule has 6 heteroatoms. The Hall–Kier alpha value is -1.63. The molecule has 0 unspecified atom stereocenters. The normalized spacial score (nSPS) is 18.5. The van der Waals surface area contributed by atoms with E-state index in [2.05, 4.69) is 4.90 Å². The van der Waals surface area contributed by atoms with E-state index in [0.717, 1.165) is 23.6 Å². The third kappa shape index (κ3) is 4.06. The summed E-state index contributed by atoms with van der Waals surface area (Å²) in [6.07, 6.45) is 0. The van der Waals surface area contributed by atoms with Crippen LogP contribution in [0.25, 0.3) is 0 Å². The molecule has 1 aliphatic heterocycles. The van der Waals surface area contributed by atoms with Crippen molar-refractivity contribution in [2.45, 2.75) is 12.6 Å². The molecule has 1 fully saturated rings. The largest absolute Gasteiger partial charge is 0.451 e. The van der Waals surface area contributed by atoms with Gasteiger partial charge in [-0.15, -0.1) is 0 Å². The number of benzene rings is 2. The van der Waals surface area contributed by atoms with E-state index in [-0.39, 0.29) is 24.1 Å². The zero-order valence-corrected chi connectivity index (χ0v) is 13.9. The third-order valence-corrected chi connectivity index (χ3v) is 5.09. The number of aliphatic hydroxyl groups excluding tert-OH is 1. The van der Waals surface area contributed by atoms with Crippen LogP contribution >= 0.6 is 11.8 Å². The van der Waals surface area contributed by atoms with Crippen LogP contribution in [0.15, 0.2) is 42.5 Å². The maximum absolute atomic E-state index is 14.3. The van der Waals surface area contributed by atoms with Crippen LogP contribution < -0.4 is 4.74 Å². The van der Waals surface area contributed by atoms with Gasteiger partial charge in [-0.2, -0.15) is 11.8 Å². The van der Waals surface area contributed by atoms with E-state index in [1.54, 1.807) is 18.2 Å². The Bertz CT molecular complexity index is 698. The van der Waals surface area contributed by atoms with Crippen LogP contribution in [-0.2, 0) is 6.54 Å². The highest BCUT2D eigenvalue weighted by atomic mass is 32.2. The zero-order valence-electron chi connectivity index (χ0n) is 13.1. The van der Waals surface area contributed by atoms with Gasteiger partial charge in [-0.1, -0.05) is 18.2 Å². The Balaban J connectivity index is 1.71. The van der Waals surface area contributed by atoms with Crippen molar-refractivity contribution < 1.29 is 18.6 Å². The van der Waals surface area contributed by atoms with Crippen molar-refractivity contribution in [3.05, 3.63) is 59.7 Å². The molecule has 1 atom stereocenters. The first-order chi connectivity index (χ1) is 11.7. The quantitative estimate of drug-likeness (QED) is 0.891. The van der Waals surface area contributed by atoms with Gasteiger partial charge in [0.15, 0.2) is 23.1 Å². The number of ether oxygens (including phenoxy) is 1. The van der Waals surface area contributed by atoms with Crippen LogP contribution in [-0.4, -0.2) is 40.7 Å². The number of halogens is 2. The lowest BCUT2D eigenvalue weighted by Crippen LogP contribution is -2.43. The average molecular weight is 351 g/mol. The Morgan fingerprint density at radius 1 is 1.12 bits per heavy atom. The molecular weight excluding hydrogens is 332 g/mol. The number of thioether (sulfide) groups is 1. The van der Waals surface area contributed by atoms with Gasteiger partial charge >= 0.3 is 0 Å². The molecule has 1 aliphatic rings. The van der Waals surface area contributed by atoms with E-state index >= 15 is 0 Å². The Morgan fingerprint density at radius 2 is 1.92 bits per heavy atom. The van der Waals surface area contributed by atoms with Crippen molar-refractivity contribution in [3.63, 3.8) is 0 Å².